The lowest BCUT2D eigenvalue weighted by molar-refractivity contribution is -0.131. The average molecular weight is 340 g/mol. The maximum atomic E-state index is 10.9. The van der Waals surface area contributed by atoms with Gasteiger partial charge >= 0.3 is 0 Å². The number of allylic oxidation sites excluding steroid dienone is 1. The van der Waals surface area contributed by atoms with Crippen LogP contribution in [-0.4, -0.2) is 47.0 Å². The summed E-state index contributed by atoms with van der Waals surface area (Å²) in [6.45, 7) is 7.03. The summed E-state index contributed by atoms with van der Waals surface area (Å²) < 4.78 is 5.98. The maximum absolute atomic E-state index is 10.9. The van der Waals surface area contributed by atoms with Crippen molar-refractivity contribution in [2.45, 2.75) is 31.5 Å². The van der Waals surface area contributed by atoms with Gasteiger partial charge in [-0.25, -0.2) is 0 Å². The molecule has 3 aliphatic rings. The normalized spacial score (nSPS) is 29.0. The highest BCUT2D eigenvalue weighted by Gasteiger charge is 2.46. The number of halogens is 1. The molecule has 3 aliphatic heterocycles. The Morgan fingerprint density at radius 1 is 1.35 bits per heavy atom. The van der Waals surface area contributed by atoms with Crippen LogP contribution in [0, 0.1) is 5.92 Å². The molecule has 128 valence electrons. The number of hydrogen-bond donors (Lipinski definition) is 2. The Morgan fingerprint density at radius 3 is 2.65 bits per heavy atom. The number of piperidine rings is 3. The van der Waals surface area contributed by atoms with Crippen molar-refractivity contribution >= 4 is 12.4 Å². The van der Waals surface area contributed by atoms with Crippen LogP contribution in [-0.2, 0) is 13.0 Å². The van der Waals surface area contributed by atoms with Crippen LogP contribution in [0.15, 0.2) is 30.9 Å². The average Bonchev–Trinajstić information content (AvgIpc) is 2.55. The zero-order chi connectivity index (χ0) is 15.6. The number of hydrogen-bond acceptors (Lipinski definition) is 4. The molecule has 0 aromatic heterocycles. The Hall–Kier alpha value is -1.07. The molecule has 23 heavy (non-hydrogen) atoms. The van der Waals surface area contributed by atoms with Gasteiger partial charge in [0, 0.05) is 6.54 Å². The van der Waals surface area contributed by atoms with Gasteiger partial charge in [-0.3, -0.25) is 0 Å². The fraction of sp³-hybridized carbons (Fsp3) is 0.556. The van der Waals surface area contributed by atoms with Crippen molar-refractivity contribution in [3.63, 3.8) is 0 Å². The molecule has 2 bridgehead atoms. The SMILES string of the molecule is C=CCc1cc(CO)ccc1OCC1(O)CN2CCC1CC2.Cl. The molecular formula is C18H26ClNO3. The Kier molecular flexibility index (Phi) is 6.09. The minimum absolute atomic E-state index is 0. The summed E-state index contributed by atoms with van der Waals surface area (Å²) in [6.07, 6.45) is 4.63. The number of ether oxygens (including phenoxy) is 1. The summed E-state index contributed by atoms with van der Waals surface area (Å²) in [6, 6.07) is 5.69. The molecule has 2 N–H and O–H groups in total. The first-order chi connectivity index (χ1) is 10.6. The first-order valence-electron chi connectivity index (χ1n) is 8.06. The van der Waals surface area contributed by atoms with Gasteiger partial charge in [0.2, 0.25) is 0 Å². The van der Waals surface area contributed by atoms with E-state index in [2.05, 4.69) is 11.5 Å². The highest BCUT2D eigenvalue weighted by atomic mass is 35.5. The molecule has 4 nitrogen and oxygen atoms in total. The lowest BCUT2D eigenvalue weighted by Crippen LogP contribution is -2.61. The standard InChI is InChI=1S/C18H25NO3.ClH/c1-2-3-15-10-14(11-20)4-5-17(15)22-13-18(21)12-19-8-6-16(18)7-9-19;/h2,4-5,10,16,20-21H,1,3,6-9,11-13H2;1H. The van der Waals surface area contributed by atoms with Gasteiger partial charge in [0.05, 0.1) is 6.61 Å². The van der Waals surface area contributed by atoms with E-state index in [9.17, 15) is 10.2 Å². The Labute approximate surface area is 144 Å². The molecule has 0 saturated carbocycles. The fourth-order valence-corrected chi connectivity index (χ4v) is 3.70. The minimum Gasteiger partial charge on any atom is -0.490 e. The topological polar surface area (TPSA) is 52.9 Å². The van der Waals surface area contributed by atoms with E-state index in [1.165, 1.54) is 0 Å². The van der Waals surface area contributed by atoms with E-state index >= 15 is 0 Å². The van der Waals surface area contributed by atoms with Gasteiger partial charge in [-0.1, -0.05) is 12.1 Å². The van der Waals surface area contributed by atoms with Crippen LogP contribution in [0.3, 0.4) is 0 Å². The van der Waals surface area contributed by atoms with Gasteiger partial charge in [-0.2, -0.15) is 0 Å². The molecule has 3 fully saturated rings. The molecule has 3 heterocycles. The first-order valence-corrected chi connectivity index (χ1v) is 8.06. The smallest absolute Gasteiger partial charge is 0.122 e. The van der Waals surface area contributed by atoms with Crippen molar-refractivity contribution in [2.24, 2.45) is 5.92 Å². The van der Waals surface area contributed by atoms with Crippen molar-refractivity contribution in [1.29, 1.82) is 0 Å². The zero-order valence-corrected chi connectivity index (χ0v) is 14.2. The monoisotopic (exact) mass is 339 g/mol. The van der Waals surface area contributed by atoms with Gasteiger partial charge in [0.1, 0.15) is 18.0 Å². The number of nitrogens with zero attached hydrogens (tertiary/aromatic N) is 1. The van der Waals surface area contributed by atoms with Gasteiger partial charge < -0.3 is 19.8 Å². The number of aliphatic hydroxyl groups is 2. The van der Waals surface area contributed by atoms with E-state index < -0.39 is 5.60 Å². The third kappa shape index (κ3) is 3.89. The molecule has 0 radical (unpaired) electrons. The summed E-state index contributed by atoms with van der Waals surface area (Å²) >= 11 is 0. The van der Waals surface area contributed by atoms with Crippen LogP contribution in [0.4, 0.5) is 0 Å². The third-order valence-electron chi connectivity index (χ3n) is 4.99. The van der Waals surface area contributed by atoms with Gasteiger partial charge in [0.25, 0.3) is 0 Å². The molecule has 0 amide bonds. The van der Waals surface area contributed by atoms with Crippen LogP contribution < -0.4 is 4.74 Å². The highest BCUT2D eigenvalue weighted by Crippen LogP contribution is 2.36. The molecule has 1 atom stereocenters. The van der Waals surface area contributed by atoms with Crippen molar-refractivity contribution < 1.29 is 14.9 Å². The van der Waals surface area contributed by atoms with Crippen molar-refractivity contribution in [3.05, 3.63) is 42.0 Å². The number of benzene rings is 1. The summed E-state index contributed by atoms with van der Waals surface area (Å²) in [5.74, 6) is 1.12. The van der Waals surface area contributed by atoms with E-state index in [1.54, 1.807) is 0 Å². The van der Waals surface area contributed by atoms with Gasteiger partial charge in [-0.15, -0.1) is 19.0 Å². The number of rotatable bonds is 6. The molecule has 1 aromatic carbocycles. The number of aliphatic hydroxyl groups excluding tert-OH is 1. The second-order valence-corrected chi connectivity index (χ2v) is 6.54. The lowest BCUT2D eigenvalue weighted by Gasteiger charge is -2.50. The quantitative estimate of drug-likeness (QED) is 0.780. The van der Waals surface area contributed by atoms with Crippen LogP contribution in [0.25, 0.3) is 0 Å². The predicted octanol–water partition coefficient (Wildman–Crippen LogP) is 2.16. The first kappa shape index (κ1) is 18.3. The minimum atomic E-state index is -0.738. The van der Waals surface area contributed by atoms with E-state index in [1.807, 2.05) is 24.3 Å². The molecule has 1 aromatic rings. The van der Waals surface area contributed by atoms with Crippen LogP contribution >= 0.6 is 12.4 Å². The second kappa shape index (κ2) is 7.67. The largest absolute Gasteiger partial charge is 0.490 e. The molecular weight excluding hydrogens is 314 g/mol. The van der Waals surface area contributed by atoms with E-state index in [0.29, 0.717) is 25.5 Å². The predicted molar refractivity (Wildman–Crippen MR) is 93.1 cm³/mol. The summed E-state index contributed by atoms with van der Waals surface area (Å²) in [7, 11) is 0. The maximum Gasteiger partial charge on any atom is 0.122 e. The lowest BCUT2D eigenvalue weighted by atomic mass is 9.76. The van der Waals surface area contributed by atoms with Crippen LogP contribution in [0.5, 0.6) is 5.75 Å². The van der Waals surface area contributed by atoms with Gasteiger partial charge in [-0.05, 0) is 61.5 Å². The van der Waals surface area contributed by atoms with Crippen molar-refractivity contribution in [1.82, 2.24) is 4.90 Å². The molecule has 0 spiro atoms. The van der Waals surface area contributed by atoms with E-state index in [4.69, 9.17) is 4.74 Å². The van der Waals surface area contributed by atoms with E-state index in [-0.39, 0.29) is 19.0 Å². The van der Waals surface area contributed by atoms with E-state index in [0.717, 1.165) is 42.8 Å². The van der Waals surface area contributed by atoms with Gasteiger partial charge in [0.15, 0.2) is 0 Å². The summed E-state index contributed by atoms with van der Waals surface area (Å²) in [4.78, 5) is 2.32. The molecule has 5 heteroatoms. The number of fused-ring (bicyclic) bond motifs is 3. The third-order valence-corrected chi connectivity index (χ3v) is 4.99. The highest BCUT2D eigenvalue weighted by molar-refractivity contribution is 5.85. The summed E-state index contributed by atoms with van der Waals surface area (Å²) in [5, 5.41) is 20.2. The fourth-order valence-electron chi connectivity index (χ4n) is 3.70. The van der Waals surface area contributed by atoms with Crippen molar-refractivity contribution in [2.75, 3.05) is 26.2 Å². The Morgan fingerprint density at radius 2 is 2.09 bits per heavy atom. The molecule has 0 aliphatic carbocycles. The second-order valence-electron chi connectivity index (χ2n) is 6.54. The molecule has 4 rings (SSSR count). The zero-order valence-electron chi connectivity index (χ0n) is 13.4. The molecule has 3 saturated heterocycles. The van der Waals surface area contributed by atoms with Crippen LogP contribution in [0.2, 0.25) is 0 Å². The molecule has 1 unspecified atom stereocenters. The van der Waals surface area contributed by atoms with Crippen molar-refractivity contribution in [3.8, 4) is 5.75 Å². The Bertz CT molecular complexity index is 543. The summed E-state index contributed by atoms with van der Waals surface area (Å²) in [5.41, 5.74) is 1.13. The Balaban J connectivity index is 0.00000192. The van der Waals surface area contributed by atoms with Crippen LogP contribution in [0.1, 0.15) is 24.0 Å².